The molecule has 10 nitrogen and oxygen atoms in total. The smallest absolute Gasteiger partial charge is 0.228 e. The first kappa shape index (κ1) is 27.8. The second kappa shape index (κ2) is 10.7. The molecule has 5 rings (SSSR count). The highest BCUT2D eigenvalue weighted by atomic mass is 32.2. The molecule has 3 aromatic heterocycles. The van der Waals surface area contributed by atoms with Gasteiger partial charge in [-0.25, -0.2) is 18.4 Å². The number of aryl methyl sites for hydroxylation is 1. The molecule has 5 aromatic rings. The fraction of sp³-hybridized carbons (Fsp3) is 0.207. The number of hydrogen-bond acceptors (Lipinski definition) is 8. The van der Waals surface area contributed by atoms with Crippen molar-refractivity contribution in [2.24, 2.45) is 0 Å². The number of amides is 1. The normalized spacial score (nSPS) is 13.1. The summed E-state index contributed by atoms with van der Waals surface area (Å²) in [6.45, 7) is 7.69. The molecular weight excluding hydrogens is 545 g/mol. The number of nitrogens with zero attached hydrogens (tertiary/aromatic N) is 5. The van der Waals surface area contributed by atoms with E-state index in [1.165, 1.54) is 36.9 Å². The summed E-state index contributed by atoms with van der Waals surface area (Å²) < 4.78 is 44.9. The molecule has 3 heterocycles. The average molecular weight is 574 g/mol. The summed E-state index contributed by atoms with van der Waals surface area (Å²) in [5.41, 5.74) is 1.81. The van der Waals surface area contributed by atoms with Crippen LogP contribution in [0.4, 0.5) is 10.1 Å². The van der Waals surface area contributed by atoms with Gasteiger partial charge in [-0.1, -0.05) is 6.07 Å². The maximum atomic E-state index is 15.3. The second-order valence-electron chi connectivity index (χ2n) is 10.5. The third-order valence-corrected chi connectivity index (χ3v) is 7.98. The summed E-state index contributed by atoms with van der Waals surface area (Å²) in [6, 6.07) is 9.23. The summed E-state index contributed by atoms with van der Waals surface area (Å²) in [5, 5.41) is 7.54. The Bertz CT molecular complexity index is 1840. The Hall–Kier alpha value is -4.71. The Morgan fingerprint density at radius 2 is 1.90 bits per heavy atom. The zero-order valence-electron chi connectivity index (χ0n) is 22.9. The van der Waals surface area contributed by atoms with Gasteiger partial charge in [-0.05, 0) is 69.2 Å². The molecule has 0 saturated heterocycles. The van der Waals surface area contributed by atoms with Gasteiger partial charge in [-0.15, -0.1) is 0 Å². The maximum absolute atomic E-state index is 15.3. The number of aromatic nitrogens is 5. The lowest BCUT2D eigenvalue weighted by molar-refractivity contribution is -0.115. The van der Waals surface area contributed by atoms with Gasteiger partial charge in [0.25, 0.3) is 0 Å². The first-order valence-corrected chi connectivity index (χ1v) is 14.2. The molecule has 41 heavy (non-hydrogen) atoms. The highest BCUT2D eigenvalue weighted by Crippen LogP contribution is 2.35. The van der Waals surface area contributed by atoms with E-state index in [2.05, 4.69) is 25.4 Å². The Morgan fingerprint density at radius 1 is 1.10 bits per heavy atom. The SMILES string of the molecule is Cc1cc(CC(=O)Nc2cnn(C(C)(C)C)c2)cc(F)c1Oc1ccnc2ccc(S(=N)(=O)c3cnccn3)cc12. The third-order valence-electron chi connectivity index (χ3n) is 6.26. The van der Waals surface area contributed by atoms with Crippen LogP contribution in [0, 0.1) is 17.5 Å². The molecule has 0 spiro atoms. The minimum Gasteiger partial charge on any atom is -0.453 e. The van der Waals surface area contributed by atoms with Crippen LogP contribution in [0.3, 0.4) is 0 Å². The number of hydrogen-bond donors (Lipinski definition) is 2. The van der Waals surface area contributed by atoms with Gasteiger partial charge in [-0.3, -0.25) is 19.4 Å². The lowest BCUT2D eigenvalue weighted by Gasteiger charge is -2.18. The molecule has 12 heteroatoms. The number of pyridine rings is 1. The number of rotatable bonds is 7. The first-order chi connectivity index (χ1) is 19.4. The molecule has 0 fully saturated rings. The van der Waals surface area contributed by atoms with Crippen LogP contribution in [0.25, 0.3) is 10.9 Å². The molecule has 0 aliphatic heterocycles. The van der Waals surface area contributed by atoms with Gasteiger partial charge >= 0.3 is 0 Å². The van der Waals surface area contributed by atoms with Gasteiger partial charge in [0.15, 0.2) is 16.6 Å². The molecule has 0 aliphatic carbocycles. The van der Waals surface area contributed by atoms with E-state index in [0.29, 0.717) is 27.7 Å². The van der Waals surface area contributed by atoms with Crippen molar-refractivity contribution in [2.75, 3.05) is 5.32 Å². The van der Waals surface area contributed by atoms with Crippen LogP contribution in [-0.2, 0) is 26.5 Å². The van der Waals surface area contributed by atoms with Crippen molar-refractivity contribution >= 4 is 32.2 Å². The van der Waals surface area contributed by atoms with Crippen molar-refractivity contribution in [2.45, 2.75) is 49.6 Å². The van der Waals surface area contributed by atoms with E-state index >= 15 is 4.39 Å². The summed E-state index contributed by atoms with van der Waals surface area (Å²) in [7, 11) is -3.46. The fourth-order valence-electron chi connectivity index (χ4n) is 4.21. The van der Waals surface area contributed by atoms with Crippen LogP contribution >= 0.6 is 0 Å². The zero-order valence-corrected chi connectivity index (χ0v) is 23.7. The molecule has 0 radical (unpaired) electrons. The number of ether oxygens (including phenoxy) is 1. The monoisotopic (exact) mass is 573 g/mol. The predicted molar refractivity (Wildman–Crippen MR) is 152 cm³/mol. The minimum absolute atomic E-state index is 0.0148. The molecule has 0 saturated carbocycles. The number of carbonyl (C=O) groups is 1. The molecule has 0 aliphatic rings. The summed E-state index contributed by atoms with van der Waals surface area (Å²) in [6.07, 6.45) is 8.90. The van der Waals surface area contributed by atoms with Crippen LogP contribution in [0.2, 0.25) is 0 Å². The number of fused-ring (bicyclic) bond motifs is 1. The lowest BCUT2D eigenvalue weighted by atomic mass is 10.1. The summed E-state index contributed by atoms with van der Waals surface area (Å²) in [4.78, 5) is 25.1. The highest BCUT2D eigenvalue weighted by molar-refractivity contribution is 7.92. The standard InChI is InChI=1S/C29H28FN7O3S/c1-18-11-19(13-26(38)36-20-15-35-37(17-20)29(2,3)4)12-23(30)28(18)40-25-7-8-33-24-6-5-21(14-22(24)25)41(31,39)27-16-32-9-10-34-27/h5-12,14-17,31H,13H2,1-4H3,(H,36,38). The fourth-order valence-corrected chi connectivity index (χ4v) is 5.41. The molecular formula is C29H28FN7O3S. The quantitative estimate of drug-likeness (QED) is 0.249. The first-order valence-electron chi connectivity index (χ1n) is 12.7. The van der Waals surface area contributed by atoms with E-state index in [1.807, 2.05) is 20.8 Å². The number of benzene rings is 2. The van der Waals surface area contributed by atoms with Crippen molar-refractivity contribution in [1.29, 1.82) is 4.78 Å². The molecule has 0 bridgehead atoms. The lowest BCUT2D eigenvalue weighted by Crippen LogP contribution is -2.22. The number of carbonyl (C=O) groups excluding carboxylic acids is 1. The van der Waals surface area contributed by atoms with E-state index in [9.17, 15) is 9.00 Å². The molecule has 1 atom stereocenters. The van der Waals surface area contributed by atoms with Crippen molar-refractivity contribution in [1.82, 2.24) is 24.7 Å². The van der Waals surface area contributed by atoms with Gasteiger partial charge in [-0.2, -0.15) is 5.10 Å². The highest BCUT2D eigenvalue weighted by Gasteiger charge is 2.19. The van der Waals surface area contributed by atoms with Gasteiger partial charge in [0.05, 0.1) is 40.5 Å². The van der Waals surface area contributed by atoms with E-state index in [-0.39, 0.29) is 39.3 Å². The molecule has 1 amide bonds. The van der Waals surface area contributed by atoms with Gasteiger partial charge in [0, 0.05) is 30.2 Å². The minimum atomic E-state index is -3.46. The largest absolute Gasteiger partial charge is 0.453 e. The van der Waals surface area contributed by atoms with E-state index in [4.69, 9.17) is 9.52 Å². The summed E-state index contributed by atoms with van der Waals surface area (Å²) in [5.74, 6) is -0.687. The Balaban J connectivity index is 1.38. The molecule has 1 unspecified atom stereocenters. The Labute approximate surface area is 236 Å². The number of halogens is 1. The molecule has 2 aromatic carbocycles. The van der Waals surface area contributed by atoms with E-state index in [1.54, 1.807) is 48.3 Å². The third kappa shape index (κ3) is 5.92. The van der Waals surface area contributed by atoms with Gasteiger partial charge < -0.3 is 10.1 Å². The average Bonchev–Trinajstić information content (AvgIpc) is 3.40. The topological polar surface area (TPSA) is 136 Å². The second-order valence-corrected chi connectivity index (χ2v) is 12.5. The number of nitrogens with one attached hydrogen (secondary N) is 2. The van der Waals surface area contributed by atoms with Crippen LogP contribution in [0.15, 0.2) is 83.5 Å². The van der Waals surface area contributed by atoms with Crippen molar-refractivity contribution in [3.05, 3.63) is 90.5 Å². The molecule has 2 N–H and O–H groups in total. The number of anilines is 1. The maximum Gasteiger partial charge on any atom is 0.228 e. The Kier molecular flexibility index (Phi) is 7.26. The zero-order chi connectivity index (χ0) is 29.4. The van der Waals surface area contributed by atoms with E-state index in [0.717, 1.165) is 0 Å². The molecule has 210 valence electrons. The van der Waals surface area contributed by atoms with Crippen LogP contribution in [-0.4, -0.2) is 34.8 Å². The van der Waals surface area contributed by atoms with Crippen molar-refractivity contribution < 1.29 is 18.1 Å². The van der Waals surface area contributed by atoms with Crippen LogP contribution in [0.5, 0.6) is 11.5 Å². The van der Waals surface area contributed by atoms with Crippen LogP contribution < -0.4 is 10.1 Å². The summed E-state index contributed by atoms with van der Waals surface area (Å²) >= 11 is 0. The van der Waals surface area contributed by atoms with Gasteiger partial charge in [0.1, 0.15) is 15.5 Å². The Morgan fingerprint density at radius 3 is 2.59 bits per heavy atom. The van der Waals surface area contributed by atoms with Gasteiger partial charge in [0.2, 0.25) is 5.91 Å². The van der Waals surface area contributed by atoms with E-state index < -0.39 is 15.5 Å². The van der Waals surface area contributed by atoms with Crippen molar-refractivity contribution in [3.8, 4) is 11.5 Å². The van der Waals surface area contributed by atoms with Crippen molar-refractivity contribution in [3.63, 3.8) is 0 Å². The predicted octanol–water partition coefficient (Wildman–Crippen LogP) is 5.86. The van der Waals surface area contributed by atoms with Crippen LogP contribution in [0.1, 0.15) is 31.9 Å².